The summed E-state index contributed by atoms with van der Waals surface area (Å²) in [7, 11) is -3.63. The highest BCUT2D eigenvalue weighted by Crippen LogP contribution is 2.33. The van der Waals surface area contributed by atoms with Crippen LogP contribution >= 0.6 is 22.9 Å². The van der Waals surface area contributed by atoms with E-state index >= 15 is 0 Å². The third kappa shape index (κ3) is 4.13. The Kier molecular flexibility index (Phi) is 5.81. The van der Waals surface area contributed by atoms with Crippen LogP contribution in [0.4, 0.5) is 10.8 Å². The van der Waals surface area contributed by atoms with Crippen LogP contribution in [0.3, 0.4) is 0 Å². The van der Waals surface area contributed by atoms with Crippen LogP contribution in [0.5, 0.6) is 0 Å². The molecule has 1 N–H and O–H groups in total. The quantitative estimate of drug-likeness (QED) is 0.559. The number of piperazine rings is 1. The van der Waals surface area contributed by atoms with E-state index in [4.69, 9.17) is 11.6 Å². The minimum absolute atomic E-state index is 0.0486. The zero-order chi connectivity index (χ0) is 24.2. The van der Waals surface area contributed by atoms with Gasteiger partial charge in [-0.2, -0.15) is 4.31 Å². The number of halogens is 1. The molecular weight excluding hydrogens is 506 g/mol. The number of benzene rings is 2. The standard InChI is InChI=1S/C24H24ClN5O3S2/c25-22-15-34-24(27-22)28-7-9-29(10-8-28)35(32,33)20-3-4-21-16(12-20)5-6-30(21)23(31)17-1-2-18-13-26-14-19(18)11-17/h1-4,11-12,15,26H,5-10,13-14H2. The lowest BCUT2D eigenvalue weighted by atomic mass is 10.1. The zero-order valence-electron chi connectivity index (χ0n) is 18.9. The van der Waals surface area contributed by atoms with E-state index in [0.29, 0.717) is 49.9 Å². The van der Waals surface area contributed by atoms with Crippen LogP contribution in [0, 0.1) is 0 Å². The van der Waals surface area contributed by atoms with E-state index in [9.17, 15) is 13.2 Å². The number of sulfonamides is 1. The molecule has 1 saturated heterocycles. The van der Waals surface area contributed by atoms with E-state index in [-0.39, 0.29) is 10.8 Å². The van der Waals surface area contributed by atoms with Crippen molar-refractivity contribution in [3.63, 3.8) is 0 Å². The molecule has 1 fully saturated rings. The number of nitrogens with zero attached hydrogens (tertiary/aromatic N) is 4. The number of hydrogen-bond donors (Lipinski definition) is 1. The number of carbonyl (C=O) groups is 1. The van der Waals surface area contributed by atoms with Gasteiger partial charge >= 0.3 is 0 Å². The van der Waals surface area contributed by atoms with Crippen LogP contribution in [0.1, 0.15) is 27.0 Å². The Morgan fingerprint density at radius 2 is 1.77 bits per heavy atom. The van der Waals surface area contributed by atoms with Gasteiger partial charge in [-0.1, -0.05) is 17.7 Å². The van der Waals surface area contributed by atoms with Gasteiger partial charge in [0.1, 0.15) is 5.15 Å². The zero-order valence-corrected chi connectivity index (χ0v) is 21.3. The Hall–Kier alpha value is -2.50. The second-order valence-corrected chi connectivity index (χ2v) is 12.1. The van der Waals surface area contributed by atoms with Gasteiger partial charge in [-0.25, -0.2) is 13.4 Å². The lowest BCUT2D eigenvalue weighted by molar-refractivity contribution is 0.0989. The van der Waals surface area contributed by atoms with Crippen molar-refractivity contribution in [1.82, 2.24) is 14.6 Å². The van der Waals surface area contributed by atoms with Crippen molar-refractivity contribution in [3.05, 3.63) is 69.2 Å². The first kappa shape index (κ1) is 22.9. The first-order valence-electron chi connectivity index (χ1n) is 11.5. The number of nitrogens with one attached hydrogen (secondary N) is 1. The van der Waals surface area contributed by atoms with Gasteiger partial charge in [0.15, 0.2) is 5.13 Å². The second kappa shape index (κ2) is 8.86. The van der Waals surface area contributed by atoms with Crippen LogP contribution in [0.15, 0.2) is 46.7 Å². The van der Waals surface area contributed by atoms with E-state index in [1.54, 1.807) is 28.5 Å². The topological polar surface area (TPSA) is 85.8 Å². The molecule has 0 unspecified atom stereocenters. The summed E-state index contributed by atoms with van der Waals surface area (Å²) in [4.78, 5) is 21.6. The molecule has 0 radical (unpaired) electrons. The predicted octanol–water partition coefficient (Wildman–Crippen LogP) is 3.11. The van der Waals surface area contributed by atoms with E-state index in [2.05, 4.69) is 15.2 Å². The van der Waals surface area contributed by atoms with Gasteiger partial charge in [-0.05, 0) is 53.4 Å². The fourth-order valence-corrected chi connectivity index (χ4v) is 7.47. The molecule has 0 atom stereocenters. The molecule has 182 valence electrons. The van der Waals surface area contributed by atoms with E-state index in [0.717, 1.165) is 35.0 Å². The van der Waals surface area contributed by atoms with Crippen LogP contribution in [-0.2, 0) is 29.5 Å². The van der Waals surface area contributed by atoms with Crippen molar-refractivity contribution in [2.24, 2.45) is 0 Å². The summed E-state index contributed by atoms with van der Waals surface area (Å²) >= 11 is 7.39. The minimum Gasteiger partial charge on any atom is -0.345 e. The highest BCUT2D eigenvalue weighted by molar-refractivity contribution is 7.89. The maximum absolute atomic E-state index is 13.4. The first-order chi connectivity index (χ1) is 16.9. The highest BCUT2D eigenvalue weighted by atomic mass is 35.5. The summed E-state index contributed by atoms with van der Waals surface area (Å²) in [5, 5.41) is 6.35. The largest absolute Gasteiger partial charge is 0.345 e. The molecule has 0 aliphatic carbocycles. The monoisotopic (exact) mass is 529 g/mol. The number of anilines is 2. The van der Waals surface area contributed by atoms with Gasteiger partial charge in [-0.15, -0.1) is 11.3 Å². The molecule has 0 bridgehead atoms. The fourth-order valence-electron chi connectivity index (χ4n) is 4.99. The van der Waals surface area contributed by atoms with Crippen molar-refractivity contribution in [2.75, 3.05) is 42.5 Å². The summed E-state index contributed by atoms with van der Waals surface area (Å²) in [6.07, 6.45) is 0.634. The Labute approximate surface area is 213 Å². The van der Waals surface area contributed by atoms with E-state index in [1.165, 1.54) is 21.2 Å². The van der Waals surface area contributed by atoms with Crippen LogP contribution in [0.25, 0.3) is 0 Å². The van der Waals surface area contributed by atoms with Gasteiger partial charge in [0, 0.05) is 62.4 Å². The number of thiazole rings is 1. The summed E-state index contributed by atoms with van der Waals surface area (Å²) in [6, 6.07) is 11.0. The van der Waals surface area contributed by atoms with Gasteiger partial charge in [0.25, 0.3) is 5.91 Å². The van der Waals surface area contributed by atoms with Crippen molar-refractivity contribution in [3.8, 4) is 0 Å². The molecule has 3 aliphatic rings. The Morgan fingerprint density at radius 3 is 2.54 bits per heavy atom. The molecule has 0 spiro atoms. The molecule has 2 aromatic carbocycles. The number of amides is 1. The minimum atomic E-state index is -3.63. The van der Waals surface area contributed by atoms with Crippen molar-refractivity contribution >= 4 is 49.7 Å². The van der Waals surface area contributed by atoms with Crippen molar-refractivity contribution in [1.29, 1.82) is 0 Å². The van der Waals surface area contributed by atoms with Crippen LogP contribution in [-0.4, -0.2) is 56.3 Å². The Balaban J connectivity index is 1.18. The molecule has 35 heavy (non-hydrogen) atoms. The maximum Gasteiger partial charge on any atom is 0.258 e. The number of aromatic nitrogens is 1. The average Bonchev–Trinajstić information content (AvgIpc) is 3.62. The third-order valence-electron chi connectivity index (χ3n) is 6.89. The fraction of sp³-hybridized carbons (Fsp3) is 0.333. The number of carbonyl (C=O) groups excluding carboxylic acids is 1. The lowest BCUT2D eigenvalue weighted by Gasteiger charge is -2.33. The smallest absolute Gasteiger partial charge is 0.258 e. The molecule has 8 nitrogen and oxygen atoms in total. The van der Waals surface area contributed by atoms with E-state index < -0.39 is 10.0 Å². The summed E-state index contributed by atoms with van der Waals surface area (Å²) < 4.78 is 28.3. The molecule has 0 saturated carbocycles. The lowest BCUT2D eigenvalue weighted by Crippen LogP contribution is -2.48. The van der Waals surface area contributed by atoms with Crippen molar-refractivity contribution < 1.29 is 13.2 Å². The molecular formula is C24H24ClN5O3S2. The highest BCUT2D eigenvalue weighted by Gasteiger charge is 2.32. The molecule has 3 aromatic rings. The summed E-state index contributed by atoms with van der Waals surface area (Å²) in [5.74, 6) is -0.0486. The maximum atomic E-state index is 13.4. The molecule has 6 rings (SSSR count). The first-order valence-corrected chi connectivity index (χ1v) is 14.2. The normalized spacial score (nSPS) is 18.1. The van der Waals surface area contributed by atoms with Gasteiger partial charge < -0.3 is 15.1 Å². The molecule has 3 aliphatic heterocycles. The number of hydrogen-bond acceptors (Lipinski definition) is 7. The van der Waals surface area contributed by atoms with Gasteiger partial charge in [-0.3, -0.25) is 4.79 Å². The number of rotatable bonds is 4. The van der Waals surface area contributed by atoms with Crippen LogP contribution in [0.2, 0.25) is 5.15 Å². The van der Waals surface area contributed by atoms with Gasteiger partial charge in [0.05, 0.1) is 4.90 Å². The second-order valence-electron chi connectivity index (χ2n) is 8.93. The molecule has 1 amide bonds. The third-order valence-corrected chi connectivity index (χ3v) is 10.0. The summed E-state index contributed by atoms with van der Waals surface area (Å²) in [6.45, 7) is 4.05. The van der Waals surface area contributed by atoms with Crippen molar-refractivity contribution in [2.45, 2.75) is 24.4 Å². The van der Waals surface area contributed by atoms with Crippen LogP contribution < -0.4 is 15.1 Å². The molecule has 1 aromatic heterocycles. The van der Waals surface area contributed by atoms with Gasteiger partial charge in [0.2, 0.25) is 10.0 Å². The summed E-state index contributed by atoms with van der Waals surface area (Å²) in [5.41, 5.74) is 4.73. The Morgan fingerprint density at radius 1 is 0.971 bits per heavy atom. The van der Waals surface area contributed by atoms with E-state index in [1.807, 2.05) is 18.2 Å². The Bertz CT molecular complexity index is 1420. The number of fused-ring (bicyclic) bond motifs is 2. The predicted molar refractivity (Wildman–Crippen MR) is 137 cm³/mol. The molecule has 11 heteroatoms. The average molecular weight is 530 g/mol. The SMILES string of the molecule is O=C(c1ccc2c(c1)CNC2)N1CCc2cc(S(=O)(=O)N3CCN(c4nc(Cl)cs4)CC3)ccc21. The molecule has 4 heterocycles.